The van der Waals surface area contributed by atoms with Crippen molar-refractivity contribution < 1.29 is 10.6 Å². The number of amides is 1. The van der Waals surface area contributed by atoms with Crippen LogP contribution in [0.4, 0.5) is 5.82 Å². The van der Waals surface area contributed by atoms with E-state index in [-0.39, 0.29) is 7.33 Å². The maximum absolute atomic E-state index is 11.5. The van der Waals surface area contributed by atoms with Gasteiger partial charge in [-0.3, -0.25) is 9.78 Å². The van der Waals surface area contributed by atoms with Crippen LogP contribution in [-0.2, 0) is 4.79 Å². The molecule has 1 aliphatic heterocycles. The minimum absolute atomic E-state index is 0. The molecule has 0 unspecified atom stereocenters. The molecule has 27 heavy (non-hydrogen) atoms. The summed E-state index contributed by atoms with van der Waals surface area (Å²) in [6, 6.07) is 9.62. The third kappa shape index (κ3) is 3.51. The molecule has 1 fully saturated rings. The molecule has 8 nitrogen and oxygen atoms in total. The summed E-state index contributed by atoms with van der Waals surface area (Å²) in [7, 11) is 0. The predicted molar refractivity (Wildman–Crippen MR) is 102 cm³/mol. The second kappa shape index (κ2) is 7.14. The van der Waals surface area contributed by atoms with Gasteiger partial charge in [0.2, 0.25) is 11.8 Å². The normalized spacial score (nSPS) is 14.4. The number of carbonyl (C=O) groups is 1. The highest BCUT2D eigenvalue weighted by Crippen LogP contribution is 2.26. The summed E-state index contributed by atoms with van der Waals surface area (Å²) in [6.07, 6.45) is 1.75. The molecule has 1 amide bonds. The lowest BCUT2D eigenvalue weighted by molar-refractivity contribution is -0.129. The van der Waals surface area contributed by atoms with E-state index in [2.05, 4.69) is 20.1 Å². The Morgan fingerprint density at radius 2 is 1.78 bits per heavy atom. The first-order valence-corrected chi connectivity index (χ1v) is 8.85. The highest BCUT2D eigenvalue weighted by atomic mass is 16.4. The highest BCUT2D eigenvalue weighted by molar-refractivity contribution is 5.73. The summed E-state index contributed by atoms with van der Waals surface area (Å²) < 4.78 is 5.83. The summed E-state index contributed by atoms with van der Waals surface area (Å²) >= 11 is 0. The van der Waals surface area contributed by atoms with Crippen LogP contribution in [0.5, 0.6) is 0 Å². The fourth-order valence-corrected chi connectivity index (χ4v) is 3.06. The minimum Gasteiger partial charge on any atom is -0.415 e. The van der Waals surface area contributed by atoms with Gasteiger partial charge in [0.25, 0.3) is 5.89 Å². The Bertz CT molecular complexity index is 954. The first-order valence-electron chi connectivity index (χ1n) is 8.85. The van der Waals surface area contributed by atoms with Crippen molar-refractivity contribution in [2.75, 3.05) is 31.1 Å². The quantitative estimate of drug-likeness (QED) is 0.703. The van der Waals surface area contributed by atoms with Gasteiger partial charge in [-0.05, 0) is 19.1 Å². The molecule has 4 rings (SSSR count). The smallest absolute Gasteiger partial charge is 0.268 e. The van der Waals surface area contributed by atoms with E-state index in [1.807, 2.05) is 42.2 Å². The van der Waals surface area contributed by atoms with Gasteiger partial charge < -0.3 is 14.2 Å². The summed E-state index contributed by atoms with van der Waals surface area (Å²) in [5, 5.41) is 8.29. The van der Waals surface area contributed by atoms with Gasteiger partial charge in [0.05, 0.1) is 11.9 Å². The van der Waals surface area contributed by atoms with E-state index in [1.165, 1.54) is 0 Å². The van der Waals surface area contributed by atoms with E-state index in [4.69, 9.17) is 9.40 Å². The number of anilines is 1. The standard InChI is InChI=1S/C19H20N6O2.H2/c1-13-17(19-23-22-18(27-19)15-6-4-3-5-7-15)21-16(12-20-13)25-10-8-24(9-11-25)14(2)26;/h3-7,12H,8-11H2,1-2H3;1H. The number of nitrogens with zero attached hydrogens (tertiary/aromatic N) is 6. The molecule has 2 aromatic heterocycles. The van der Waals surface area contributed by atoms with Crippen LogP contribution in [0.2, 0.25) is 0 Å². The maximum Gasteiger partial charge on any atom is 0.268 e. The molecule has 3 heterocycles. The van der Waals surface area contributed by atoms with E-state index in [0.29, 0.717) is 30.6 Å². The summed E-state index contributed by atoms with van der Waals surface area (Å²) in [6.45, 7) is 6.26. The Morgan fingerprint density at radius 1 is 1.07 bits per heavy atom. The molecule has 0 saturated carbocycles. The molecule has 1 aliphatic rings. The van der Waals surface area contributed by atoms with Crippen molar-refractivity contribution in [2.24, 2.45) is 0 Å². The minimum atomic E-state index is 0. The van der Waals surface area contributed by atoms with E-state index < -0.39 is 0 Å². The molecule has 0 N–H and O–H groups in total. The molecule has 0 atom stereocenters. The second-order valence-corrected chi connectivity index (χ2v) is 6.43. The first-order chi connectivity index (χ1) is 13.1. The monoisotopic (exact) mass is 366 g/mol. The number of aryl methyl sites for hydroxylation is 1. The lowest BCUT2D eigenvalue weighted by Crippen LogP contribution is -2.48. The number of carbonyl (C=O) groups excluding carboxylic acids is 1. The summed E-state index contributed by atoms with van der Waals surface area (Å²) in [4.78, 5) is 24.6. The van der Waals surface area contributed by atoms with Crippen LogP contribution in [0.3, 0.4) is 0 Å². The van der Waals surface area contributed by atoms with E-state index >= 15 is 0 Å². The zero-order valence-electron chi connectivity index (χ0n) is 15.3. The largest absolute Gasteiger partial charge is 0.415 e. The van der Waals surface area contributed by atoms with Crippen LogP contribution in [0.15, 0.2) is 40.9 Å². The van der Waals surface area contributed by atoms with Crippen LogP contribution in [0.1, 0.15) is 14.0 Å². The Hall–Kier alpha value is -3.29. The zero-order chi connectivity index (χ0) is 18.8. The van der Waals surface area contributed by atoms with Gasteiger partial charge in [-0.25, -0.2) is 4.98 Å². The van der Waals surface area contributed by atoms with Crippen LogP contribution in [-0.4, -0.2) is 57.2 Å². The van der Waals surface area contributed by atoms with Crippen LogP contribution >= 0.6 is 0 Å². The lowest BCUT2D eigenvalue weighted by Gasteiger charge is -2.34. The average molecular weight is 366 g/mol. The van der Waals surface area contributed by atoms with Crippen molar-refractivity contribution in [3.63, 3.8) is 0 Å². The number of hydrogen-bond donors (Lipinski definition) is 0. The molecule has 0 aliphatic carbocycles. The number of hydrogen-bond acceptors (Lipinski definition) is 7. The number of benzene rings is 1. The van der Waals surface area contributed by atoms with Gasteiger partial charge in [0, 0.05) is 40.1 Å². The van der Waals surface area contributed by atoms with Crippen molar-refractivity contribution in [3.05, 3.63) is 42.2 Å². The van der Waals surface area contributed by atoms with E-state index in [1.54, 1.807) is 13.1 Å². The molecular formula is C19H22N6O2. The Balaban J connectivity index is 0.00000225. The van der Waals surface area contributed by atoms with Crippen molar-refractivity contribution >= 4 is 11.7 Å². The highest BCUT2D eigenvalue weighted by Gasteiger charge is 2.22. The average Bonchev–Trinajstić information content (AvgIpc) is 3.19. The topological polar surface area (TPSA) is 88.3 Å². The Kier molecular flexibility index (Phi) is 4.53. The van der Waals surface area contributed by atoms with Crippen LogP contribution in [0, 0.1) is 6.92 Å². The van der Waals surface area contributed by atoms with E-state index in [0.717, 1.165) is 30.2 Å². The number of aromatic nitrogens is 4. The summed E-state index contributed by atoms with van der Waals surface area (Å²) in [5.41, 5.74) is 2.17. The number of piperazine rings is 1. The van der Waals surface area contributed by atoms with Gasteiger partial charge in [0.1, 0.15) is 5.82 Å². The zero-order valence-corrected chi connectivity index (χ0v) is 15.3. The summed E-state index contributed by atoms with van der Waals surface area (Å²) in [5.74, 6) is 1.65. The lowest BCUT2D eigenvalue weighted by atomic mass is 10.2. The molecule has 8 heteroatoms. The molecule has 1 saturated heterocycles. The number of rotatable bonds is 3. The molecule has 0 radical (unpaired) electrons. The maximum atomic E-state index is 11.5. The molecular weight excluding hydrogens is 344 g/mol. The third-order valence-electron chi connectivity index (χ3n) is 4.64. The van der Waals surface area contributed by atoms with E-state index in [9.17, 15) is 4.79 Å². The van der Waals surface area contributed by atoms with Crippen LogP contribution in [0.25, 0.3) is 23.0 Å². The Morgan fingerprint density at radius 3 is 2.48 bits per heavy atom. The van der Waals surface area contributed by atoms with Crippen LogP contribution < -0.4 is 4.90 Å². The fraction of sp³-hybridized carbons (Fsp3) is 0.316. The Labute approximate surface area is 158 Å². The van der Waals surface area contributed by atoms with Crippen molar-refractivity contribution in [1.29, 1.82) is 0 Å². The molecule has 0 bridgehead atoms. The van der Waals surface area contributed by atoms with Crippen molar-refractivity contribution in [3.8, 4) is 23.0 Å². The SMILES string of the molecule is CC(=O)N1CCN(c2cnc(C)c(-c3nnc(-c4ccccc4)o3)n2)CC1.[HH]. The third-order valence-corrected chi connectivity index (χ3v) is 4.64. The van der Waals surface area contributed by atoms with Crippen molar-refractivity contribution in [2.45, 2.75) is 13.8 Å². The molecule has 1 aromatic carbocycles. The predicted octanol–water partition coefficient (Wildman–Crippen LogP) is 2.42. The molecule has 3 aromatic rings. The fourth-order valence-electron chi connectivity index (χ4n) is 3.06. The van der Waals surface area contributed by atoms with Crippen molar-refractivity contribution in [1.82, 2.24) is 25.1 Å². The van der Waals surface area contributed by atoms with Gasteiger partial charge >= 0.3 is 0 Å². The molecule has 140 valence electrons. The van der Waals surface area contributed by atoms with Gasteiger partial charge in [-0.2, -0.15) is 0 Å². The second-order valence-electron chi connectivity index (χ2n) is 6.43. The molecule has 0 spiro atoms. The van der Waals surface area contributed by atoms with Gasteiger partial charge in [0.15, 0.2) is 5.69 Å². The van der Waals surface area contributed by atoms with Gasteiger partial charge in [-0.15, -0.1) is 10.2 Å². The van der Waals surface area contributed by atoms with Gasteiger partial charge in [-0.1, -0.05) is 18.2 Å². The first kappa shape index (κ1) is 17.1.